The lowest BCUT2D eigenvalue weighted by Gasteiger charge is -2.09. The second kappa shape index (κ2) is 9.60. The van der Waals surface area contributed by atoms with Crippen LogP contribution in [0.2, 0.25) is 0 Å². The van der Waals surface area contributed by atoms with E-state index < -0.39 is 0 Å². The van der Waals surface area contributed by atoms with Crippen LogP contribution >= 0.6 is 12.4 Å². The van der Waals surface area contributed by atoms with Gasteiger partial charge in [-0.1, -0.05) is 0 Å². The van der Waals surface area contributed by atoms with Crippen LogP contribution in [-0.4, -0.2) is 32.3 Å². The second-order valence-corrected chi connectivity index (χ2v) is 4.98. The minimum atomic E-state index is 0. The van der Waals surface area contributed by atoms with E-state index in [2.05, 4.69) is 5.32 Å². The summed E-state index contributed by atoms with van der Waals surface area (Å²) < 4.78 is 10.7. The van der Waals surface area contributed by atoms with Gasteiger partial charge in [0.2, 0.25) is 5.91 Å². The summed E-state index contributed by atoms with van der Waals surface area (Å²) in [5.41, 5.74) is 6.16. The molecule has 0 saturated carbocycles. The van der Waals surface area contributed by atoms with Gasteiger partial charge in [0.25, 0.3) is 0 Å². The first-order valence-electron chi connectivity index (χ1n) is 7.08. The van der Waals surface area contributed by atoms with Crippen LogP contribution in [0.1, 0.15) is 19.3 Å². The van der Waals surface area contributed by atoms with Crippen molar-refractivity contribution in [3.05, 3.63) is 24.3 Å². The molecule has 6 heteroatoms. The summed E-state index contributed by atoms with van der Waals surface area (Å²) in [6, 6.07) is 7.33. The fraction of sp³-hybridized carbons (Fsp3) is 0.533. The van der Waals surface area contributed by atoms with E-state index in [1.807, 2.05) is 24.3 Å². The number of hydrogen-bond donors (Lipinski definition) is 2. The van der Waals surface area contributed by atoms with Gasteiger partial charge >= 0.3 is 0 Å². The summed E-state index contributed by atoms with van der Waals surface area (Å²) in [7, 11) is 0. The van der Waals surface area contributed by atoms with Crippen molar-refractivity contribution in [3.63, 3.8) is 0 Å². The molecule has 3 N–H and O–H groups in total. The average Bonchev–Trinajstić information content (AvgIpc) is 2.98. The highest BCUT2D eigenvalue weighted by molar-refractivity contribution is 5.90. The van der Waals surface area contributed by atoms with E-state index in [1.165, 1.54) is 0 Å². The van der Waals surface area contributed by atoms with Crippen molar-refractivity contribution < 1.29 is 14.3 Å². The summed E-state index contributed by atoms with van der Waals surface area (Å²) in [6.07, 6.45) is 2.50. The number of halogens is 1. The number of ether oxygens (including phenoxy) is 2. The fourth-order valence-corrected chi connectivity index (χ4v) is 2.18. The lowest BCUT2D eigenvalue weighted by molar-refractivity contribution is -0.116. The summed E-state index contributed by atoms with van der Waals surface area (Å²) in [5.74, 6) is 1.34. The highest BCUT2D eigenvalue weighted by Gasteiger charge is 2.16. The molecule has 1 amide bonds. The normalized spacial score (nSPS) is 17.1. The molecule has 1 saturated heterocycles. The van der Waals surface area contributed by atoms with Crippen molar-refractivity contribution in [2.24, 2.45) is 11.7 Å². The van der Waals surface area contributed by atoms with Crippen LogP contribution in [0.25, 0.3) is 0 Å². The maximum Gasteiger partial charge on any atom is 0.224 e. The largest absolute Gasteiger partial charge is 0.492 e. The molecule has 118 valence electrons. The molecule has 0 bridgehead atoms. The zero-order chi connectivity index (χ0) is 14.2. The Balaban J connectivity index is 0.00000220. The Bertz CT molecular complexity index is 419. The maximum atomic E-state index is 11.8. The first-order valence-corrected chi connectivity index (χ1v) is 7.08. The van der Waals surface area contributed by atoms with Gasteiger partial charge in [-0.3, -0.25) is 4.79 Å². The van der Waals surface area contributed by atoms with E-state index in [0.29, 0.717) is 25.5 Å². The standard InChI is InChI=1S/C15H22N2O3.ClH/c16-8-10-20-14-4-2-13(3-5-14)17-15(18)6-1-12-7-9-19-11-12;/h2-5,12H,1,6-11,16H2,(H,17,18);1H. The van der Waals surface area contributed by atoms with Gasteiger partial charge in [0.05, 0.1) is 0 Å². The smallest absolute Gasteiger partial charge is 0.224 e. The molecule has 1 atom stereocenters. The summed E-state index contributed by atoms with van der Waals surface area (Å²) in [5, 5.41) is 2.89. The fourth-order valence-electron chi connectivity index (χ4n) is 2.18. The number of nitrogens with two attached hydrogens (primary N) is 1. The third-order valence-electron chi connectivity index (χ3n) is 3.33. The molecule has 1 aromatic carbocycles. The molecule has 0 spiro atoms. The third kappa shape index (κ3) is 6.33. The van der Waals surface area contributed by atoms with Crippen molar-refractivity contribution in [1.29, 1.82) is 0 Å². The molecule has 1 heterocycles. The minimum absolute atomic E-state index is 0. The lowest BCUT2D eigenvalue weighted by Crippen LogP contribution is -2.13. The molecular weight excluding hydrogens is 292 g/mol. The number of anilines is 1. The molecule has 5 nitrogen and oxygen atoms in total. The molecular formula is C15H23ClN2O3. The van der Waals surface area contributed by atoms with Gasteiger partial charge in [-0.05, 0) is 43.0 Å². The van der Waals surface area contributed by atoms with Gasteiger partial charge < -0.3 is 20.5 Å². The molecule has 2 rings (SSSR count). The van der Waals surface area contributed by atoms with Crippen LogP contribution in [0, 0.1) is 5.92 Å². The van der Waals surface area contributed by atoms with Gasteiger partial charge in [-0.25, -0.2) is 0 Å². The molecule has 1 aromatic rings. The zero-order valence-electron chi connectivity index (χ0n) is 12.0. The molecule has 0 radical (unpaired) electrons. The predicted octanol–water partition coefficient (Wildman–Crippen LogP) is 2.20. The Labute approximate surface area is 131 Å². The summed E-state index contributed by atoms with van der Waals surface area (Å²) in [4.78, 5) is 11.8. The highest BCUT2D eigenvalue weighted by atomic mass is 35.5. The molecule has 1 aliphatic rings. The van der Waals surface area contributed by atoms with Crippen molar-refractivity contribution in [2.75, 3.05) is 31.7 Å². The molecule has 21 heavy (non-hydrogen) atoms. The van der Waals surface area contributed by atoms with E-state index >= 15 is 0 Å². The Hall–Kier alpha value is -1.30. The van der Waals surface area contributed by atoms with Crippen molar-refractivity contribution in [1.82, 2.24) is 0 Å². The molecule has 0 aliphatic carbocycles. The summed E-state index contributed by atoms with van der Waals surface area (Å²) >= 11 is 0. The Kier molecular flexibility index (Phi) is 8.12. The van der Waals surface area contributed by atoms with Crippen LogP contribution in [0.4, 0.5) is 5.69 Å². The van der Waals surface area contributed by atoms with Gasteiger partial charge in [0, 0.05) is 31.9 Å². The molecule has 1 fully saturated rings. The van der Waals surface area contributed by atoms with Crippen LogP contribution in [-0.2, 0) is 9.53 Å². The summed E-state index contributed by atoms with van der Waals surface area (Å²) in [6.45, 7) is 2.61. The van der Waals surface area contributed by atoms with E-state index in [-0.39, 0.29) is 18.3 Å². The number of carbonyl (C=O) groups excluding carboxylic acids is 1. The average molecular weight is 315 g/mol. The van der Waals surface area contributed by atoms with Crippen LogP contribution in [0.5, 0.6) is 5.75 Å². The van der Waals surface area contributed by atoms with Gasteiger partial charge in [-0.15, -0.1) is 12.4 Å². The topological polar surface area (TPSA) is 73.6 Å². The second-order valence-electron chi connectivity index (χ2n) is 4.98. The lowest BCUT2D eigenvalue weighted by atomic mass is 10.0. The van der Waals surface area contributed by atoms with Gasteiger partial charge in [-0.2, -0.15) is 0 Å². The van der Waals surface area contributed by atoms with Gasteiger partial charge in [0.15, 0.2) is 0 Å². The van der Waals surface area contributed by atoms with Crippen molar-refractivity contribution in [3.8, 4) is 5.75 Å². The van der Waals surface area contributed by atoms with Gasteiger partial charge in [0.1, 0.15) is 12.4 Å². The Morgan fingerprint density at radius 1 is 1.38 bits per heavy atom. The predicted molar refractivity (Wildman–Crippen MR) is 85.0 cm³/mol. The Morgan fingerprint density at radius 3 is 2.76 bits per heavy atom. The third-order valence-corrected chi connectivity index (χ3v) is 3.33. The first-order chi connectivity index (χ1) is 9.78. The van der Waals surface area contributed by atoms with Crippen LogP contribution in [0.3, 0.4) is 0 Å². The number of rotatable bonds is 7. The quantitative estimate of drug-likeness (QED) is 0.809. The first kappa shape index (κ1) is 17.8. The SMILES string of the molecule is Cl.NCCOc1ccc(NC(=O)CCC2CCOC2)cc1. The van der Waals surface area contributed by atoms with E-state index in [4.69, 9.17) is 15.2 Å². The van der Waals surface area contributed by atoms with E-state index in [0.717, 1.165) is 37.5 Å². The molecule has 0 aromatic heterocycles. The van der Waals surface area contributed by atoms with Crippen LogP contribution < -0.4 is 15.8 Å². The molecule has 1 aliphatic heterocycles. The molecule has 1 unspecified atom stereocenters. The van der Waals surface area contributed by atoms with Crippen LogP contribution in [0.15, 0.2) is 24.3 Å². The van der Waals surface area contributed by atoms with Crippen molar-refractivity contribution >= 4 is 24.0 Å². The zero-order valence-corrected chi connectivity index (χ0v) is 12.9. The van der Waals surface area contributed by atoms with E-state index in [1.54, 1.807) is 0 Å². The maximum absolute atomic E-state index is 11.8. The van der Waals surface area contributed by atoms with E-state index in [9.17, 15) is 4.79 Å². The highest BCUT2D eigenvalue weighted by Crippen LogP contribution is 2.19. The van der Waals surface area contributed by atoms with Crippen molar-refractivity contribution in [2.45, 2.75) is 19.3 Å². The Morgan fingerprint density at radius 2 is 2.14 bits per heavy atom. The monoisotopic (exact) mass is 314 g/mol. The number of hydrogen-bond acceptors (Lipinski definition) is 4. The number of amides is 1. The number of nitrogens with one attached hydrogen (secondary N) is 1. The number of benzene rings is 1. The number of carbonyl (C=O) groups is 1. The minimum Gasteiger partial charge on any atom is -0.492 e.